The standard InChI is InChI=1S/C20H24.2FH.Ti/c1-2-7-19-14-15(13-18(19)6-1)9-10-17-12-11-16-5-3-4-8-20(16)17;;;/h11-13,15H,1-10H2;2*1H;/q-2;;;+2/p-2. The van der Waals surface area contributed by atoms with Crippen molar-refractivity contribution in [3.05, 3.63) is 52.1 Å². The number of fused-ring (bicyclic) bond motifs is 2. The molecule has 0 nitrogen and oxygen atoms in total. The second-order valence-electron chi connectivity index (χ2n) is 6.81. The van der Waals surface area contributed by atoms with Crippen LogP contribution in [-0.2, 0) is 39.5 Å². The first-order chi connectivity index (χ1) is 11.3. The van der Waals surface area contributed by atoms with Crippen molar-refractivity contribution in [2.24, 2.45) is 5.92 Å². The molecule has 3 heteroatoms. The third-order valence-corrected chi connectivity index (χ3v) is 5.38. The predicted molar refractivity (Wildman–Crippen MR) is 86.0 cm³/mol. The van der Waals surface area contributed by atoms with Crippen LogP contribution in [0, 0.1) is 12.0 Å². The molecule has 1 fully saturated rings. The second kappa shape index (κ2) is 8.49. The molecule has 23 heavy (non-hydrogen) atoms. The minimum atomic E-state index is -2.50. The third kappa shape index (κ3) is 4.28. The summed E-state index contributed by atoms with van der Waals surface area (Å²) in [5.74, 6) is 0.604. The zero-order valence-electron chi connectivity index (χ0n) is 13.6. The van der Waals surface area contributed by atoms with E-state index in [0.717, 1.165) is 0 Å². The van der Waals surface area contributed by atoms with Gasteiger partial charge in [-0.15, -0.1) is 0 Å². The summed E-state index contributed by atoms with van der Waals surface area (Å²) in [6, 6.07) is 4.79. The molecule has 1 unspecified atom stereocenters. The Morgan fingerprint density at radius 1 is 1.09 bits per heavy atom. The molecule has 0 amide bonds. The van der Waals surface area contributed by atoms with Gasteiger partial charge in [-0.25, -0.2) is 5.57 Å². The molecule has 124 valence electrons. The van der Waals surface area contributed by atoms with Gasteiger partial charge in [0.1, 0.15) is 0 Å². The van der Waals surface area contributed by atoms with Crippen LogP contribution in [0.5, 0.6) is 0 Å². The second-order valence-corrected chi connectivity index (χ2v) is 7.03. The molecule has 3 aliphatic rings. The van der Waals surface area contributed by atoms with Gasteiger partial charge < -0.3 is 0 Å². The Hall–Kier alpha value is -0.596. The number of hydrogen-bond acceptors (Lipinski definition) is 0. The van der Waals surface area contributed by atoms with Crippen molar-refractivity contribution < 1.29 is 26.4 Å². The summed E-state index contributed by atoms with van der Waals surface area (Å²) < 4.78 is 19.5. The number of hydrogen-bond donors (Lipinski definition) is 0. The van der Waals surface area contributed by atoms with E-state index < -0.39 is 20.2 Å². The molecule has 0 radical (unpaired) electrons. The van der Waals surface area contributed by atoms with Gasteiger partial charge in [0, 0.05) is 0 Å². The van der Waals surface area contributed by atoms with Gasteiger partial charge >= 0.3 is 26.4 Å². The van der Waals surface area contributed by atoms with Crippen molar-refractivity contribution in [3.8, 4) is 0 Å². The van der Waals surface area contributed by atoms with Crippen LogP contribution in [-0.4, -0.2) is 0 Å². The van der Waals surface area contributed by atoms with Gasteiger partial charge in [0.2, 0.25) is 0 Å². The quantitative estimate of drug-likeness (QED) is 0.469. The molecule has 0 aromatic heterocycles. The summed E-state index contributed by atoms with van der Waals surface area (Å²) in [4.78, 5) is 0. The molecule has 1 aromatic rings. The molecule has 0 heterocycles. The van der Waals surface area contributed by atoms with E-state index in [0.29, 0.717) is 5.92 Å². The van der Waals surface area contributed by atoms with Crippen molar-refractivity contribution in [1.29, 1.82) is 0 Å². The molecule has 0 spiro atoms. The topological polar surface area (TPSA) is 0 Å². The van der Waals surface area contributed by atoms with Crippen LogP contribution in [0.25, 0.3) is 0 Å². The molecule has 0 aliphatic heterocycles. The third-order valence-electron chi connectivity index (χ3n) is 5.38. The van der Waals surface area contributed by atoms with E-state index in [-0.39, 0.29) is 0 Å². The summed E-state index contributed by atoms with van der Waals surface area (Å²) in [7, 11) is 0. The van der Waals surface area contributed by atoms with Gasteiger partial charge in [-0.2, -0.15) is 40.5 Å². The van der Waals surface area contributed by atoms with Gasteiger partial charge in [0.25, 0.3) is 0 Å². The van der Waals surface area contributed by atoms with E-state index in [4.69, 9.17) is 0 Å². The fraction of sp³-hybridized carbons (Fsp3) is 0.550. The summed E-state index contributed by atoms with van der Waals surface area (Å²) in [5.41, 5.74) is 8.18. The van der Waals surface area contributed by atoms with Crippen LogP contribution in [0.15, 0.2) is 29.4 Å². The van der Waals surface area contributed by atoms with Crippen LogP contribution in [0.3, 0.4) is 0 Å². The maximum atomic E-state index is 9.75. The average molecular weight is 350 g/mol. The molecule has 1 aromatic carbocycles. The fourth-order valence-corrected chi connectivity index (χ4v) is 4.27. The molecule has 1 atom stereocenters. The zero-order chi connectivity index (χ0) is 16.1. The first-order valence-corrected chi connectivity index (χ1v) is 10.1. The number of halogens is 2. The zero-order valence-corrected chi connectivity index (χ0v) is 15.2. The number of allylic oxidation sites excluding steroid dienone is 4. The molecule has 1 saturated carbocycles. The Morgan fingerprint density at radius 3 is 2.65 bits per heavy atom. The monoisotopic (exact) mass is 350 g/mol. The van der Waals surface area contributed by atoms with Crippen LogP contribution in [0.4, 0.5) is 6.18 Å². The Bertz CT molecular complexity index is 560. The van der Waals surface area contributed by atoms with E-state index >= 15 is 0 Å². The van der Waals surface area contributed by atoms with Gasteiger partial charge in [-0.3, -0.25) is 6.08 Å². The van der Waals surface area contributed by atoms with Gasteiger partial charge in [-0.05, 0) is 0 Å². The molecule has 0 bridgehead atoms. The number of rotatable bonds is 3. The first-order valence-electron chi connectivity index (χ1n) is 8.88. The SMILES string of the molecule is [C-]1=C2CCCCC2=CC1CCc1[cH-]cc2c1CCCC2.[F][Ti][F]. The maximum absolute atomic E-state index is 9.75. The normalized spacial score (nSPS) is 22.3. The summed E-state index contributed by atoms with van der Waals surface area (Å²) in [6.45, 7) is 0. The van der Waals surface area contributed by atoms with E-state index in [2.05, 4.69) is 24.3 Å². The van der Waals surface area contributed by atoms with Gasteiger partial charge in [0.05, 0.1) is 0 Å². The van der Waals surface area contributed by atoms with E-state index in [9.17, 15) is 6.18 Å². The average Bonchev–Trinajstić information content (AvgIpc) is 3.17. The van der Waals surface area contributed by atoms with Crippen LogP contribution < -0.4 is 0 Å². The van der Waals surface area contributed by atoms with Crippen LogP contribution >= 0.6 is 0 Å². The minimum absolute atomic E-state index is 0.604. The fourth-order valence-electron chi connectivity index (χ4n) is 4.27. The van der Waals surface area contributed by atoms with Crippen molar-refractivity contribution in [3.63, 3.8) is 0 Å². The van der Waals surface area contributed by atoms with Gasteiger partial charge in [0.15, 0.2) is 0 Å². The Labute approximate surface area is 148 Å². The number of aryl methyl sites for hydroxylation is 2. The van der Waals surface area contributed by atoms with Crippen molar-refractivity contribution in [2.45, 2.75) is 64.2 Å². The molecule has 4 rings (SSSR count). The molecular formula is C20H24F2Ti-2. The molecule has 0 saturated heterocycles. The Morgan fingerprint density at radius 2 is 1.83 bits per heavy atom. The summed E-state index contributed by atoms with van der Waals surface area (Å²) in [5, 5.41) is 0. The van der Waals surface area contributed by atoms with E-state index in [1.807, 2.05) is 0 Å². The summed E-state index contributed by atoms with van der Waals surface area (Å²) in [6.07, 6.45) is 19.6. The van der Waals surface area contributed by atoms with Crippen molar-refractivity contribution >= 4 is 0 Å². The Balaban J connectivity index is 0.000000485. The van der Waals surface area contributed by atoms with E-state index in [1.165, 1.54) is 64.2 Å². The molecule has 3 aliphatic carbocycles. The first kappa shape index (κ1) is 17.2. The molecular weight excluding hydrogens is 326 g/mol. The van der Waals surface area contributed by atoms with Crippen molar-refractivity contribution in [2.75, 3.05) is 0 Å². The van der Waals surface area contributed by atoms with Crippen molar-refractivity contribution in [1.82, 2.24) is 0 Å². The predicted octanol–water partition coefficient (Wildman–Crippen LogP) is 5.91. The van der Waals surface area contributed by atoms with Gasteiger partial charge in [-0.1, -0.05) is 70.1 Å². The molecule has 0 N–H and O–H groups in total. The van der Waals surface area contributed by atoms with Crippen LogP contribution in [0.1, 0.15) is 61.6 Å². The van der Waals surface area contributed by atoms with Crippen LogP contribution in [0.2, 0.25) is 0 Å². The van der Waals surface area contributed by atoms with E-state index in [1.54, 1.807) is 27.8 Å². The summed E-state index contributed by atoms with van der Waals surface area (Å²) >= 11 is -2.50. The Kier molecular flexibility index (Phi) is 6.36.